The fraction of sp³-hybridized carbons (Fsp3) is 1.00. The largest absolute Gasteiger partial charge is 0.390 e. The van der Waals surface area contributed by atoms with Crippen LogP contribution >= 0.6 is 0 Å². The molecule has 1 aliphatic heterocycles. The summed E-state index contributed by atoms with van der Waals surface area (Å²) in [4.78, 5) is 0. The molecule has 2 N–H and O–H groups in total. The monoisotopic (exact) mass is 226 g/mol. The van der Waals surface area contributed by atoms with Gasteiger partial charge in [-0.15, -0.1) is 0 Å². The molecule has 0 radical (unpaired) electrons. The number of alkyl halides is 3. The molecule has 0 aromatic heterocycles. The van der Waals surface area contributed by atoms with Crippen molar-refractivity contribution in [2.75, 3.05) is 32.8 Å². The van der Waals surface area contributed by atoms with E-state index in [0.29, 0.717) is 13.2 Å². The van der Waals surface area contributed by atoms with Gasteiger partial charge in [0.05, 0.1) is 19.6 Å². The Hall–Kier alpha value is -0.330. The molecule has 3 nitrogen and oxygen atoms in total. The van der Waals surface area contributed by atoms with E-state index in [1.54, 1.807) is 0 Å². The second-order valence-electron chi connectivity index (χ2n) is 3.63. The van der Waals surface area contributed by atoms with E-state index < -0.39 is 12.6 Å². The number of nitrogens with one attached hydrogen (secondary N) is 2. The van der Waals surface area contributed by atoms with Crippen molar-refractivity contribution in [3.05, 3.63) is 0 Å². The van der Waals surface area contributed by atoms with Gasteiger partial charge in [-0.05, 0) is 13.0 Å². The van der Waals surface area contributed by atoms with E-state index in [1.165, 1.54) is 0 Å². The number of ether oxygens (including phenoxy) is 1. The van der Waals surface area contributed by atoms with Crippen molar-refractivity contribution < 1.29 is 17.9 Å². The maximum Gasteiger partial charge on any atom is 0.390 e. The van der Waals surface area contributed by atoms with E-state index in [0.717, 1.165) is 19.6 Å². The van der Waals surface area contributed by atoms with Crippen LogP contribution < -0.4 is 10.6 Å². The first-order valence-electron chi connectivity index (χ1n) is 5.16. The van der Waals surface area contributed by atoms with Crippen molar-refractivity contribution in [1.29, 1.82) is 0 Å². The van der Waals surface area contributed by atoms with Crippen LogP contribution in [0.4, 0.5) is 13.2 Å². The average molecular weight is 226 g/mol. The highest BCUT2D eigenvalue weighted by Gasteiger charge is 2.25. The molecule has 1 aliphatic rings. The van der Waals surface area contributed by atoms with E-state index >= 15 is 0 Å². The van der Waals surface area contributed by atoms with Gasteiger partial charge in [0, 0.05) is 19.1 Å². The first kappa shape index (κ1) is 12.7. The van der Waals surface area contributed by atoms with E-state index in [1.807, 2.05) is 0 Å². The number of hydrogen-bond donors (Lipinski definition) is 2. The molecule has 0 bridgehead atoms. The van der Waals surface area contributed by atoms with Crippen LogP contribution in [0.5, 0.6) is 0 Å². The fourth-order valence-electron chi connectivity index (χ4n) is 1.44. The second kappa shape index (κ2) is 6.30. The Morgan fingerprint density at radius 3 is 2.73 bits per heavy atom. The van der Waals surface area contributed by atoms with E-state index in [2.05, 4.69) is 10.6 Å². The van der Waals surface area contributed by atoms with Crippen molar-refractivity contribution in [3.63, 3.8) is 0 Å². The normalized spacial score (nSPS) is 23.0. The summed E-state index contributed by atoms with van der Waals surface area (Å²) in [6, 6.07) is 0.275. The zero-order chi connectivity index (χ0) is 11.1. The maximum absolute atomic E-state index is 11.8. The molecule has 0 aromatic rings. The summed E-state index contributed by atoms with van der Waals surface area (Å²) in [5.41, 5.74) is 0. The maximum atomic E-state index is 11.8. The average Bonchev–Trinajstić information content (AvgIpc) is 2.17. The van der Waals surface area contributed by atoms with Gasteiger partial charge < -0.3 is 15.4 Å². The molecule has 1 saturated heterocycles. The molecule has 15 heavy (non-hydrogen) atoms. The lowest BCUT2D eigenvalue weighted by Crippen LogP contribution is -2.42. The highest BCUT2D eigenvalue weighted by atomic mass is 19.4. The summed E-state index contributed by atoms with van der Waals surface area (Å²) in [7, 11) is 0. The van der Waals surface area contributed by atoms with Crippen LogP contribution in [0.15, 0.2) is 0 Å². The number of morpholine rings is 1. The predicted molar refractivity (Wildman–Crippen MR) is 50.8 cm³/mol. The van der Waals surface area contributed by atoms with Gasteiger partial charge in [-0.25, -0.2) is 0 Å². The first-order chi connectivity index (χ1) is 7.08. The summed E-state index contributed by atoms with van der Waals surface area (Å²) >= 11 is 0. The molecule has 90 valence electrons. The lowest BCUT2D eigenvalue weighted by molar-refractivity contribution is -0.133. The van der Waals surface area contributed by atoms with Crippen molar-refractivity contribution in [2.45, 2.75) is 25.1 Å². The molecule has 0 aromatic carbocycles. The number of hydrogen-bond acceptors (Lipinski definition) is 3. The molecular formula is C9H17F3N2O. The minimum absolute atomic E-state index is 0.00290. The summed E-state index contributed by atoms with van der Waals surface area (Å²) in [6.45, 7) is 2.79. The summed E-state index contributed by atoms with van der Waals surface area (Å²) in [6.07, 6.45) is -4.02. The van der Waals surface area contributed by atoms with E-state index in [4.69, 9.17) is 4.74 Å². The van der Waals surface area contributed by atoms with Gasteiger partial charge >= 0.3 is 6.18 Å². The lowest BCUT2D eigenvalue weighted by atomic mass is 10.2. The fourth-order valence-corrected chi connectivity index (χ4v) is 1.44. The van der Waals surface area contributed by atoms with Crippen LogP contribution in [0.3, 0.4) is 0 Å². The SMILES string of the molecule is FC(F)(F)CCNCCC1COCCN1. The molecule has 0 aliphatic carbocycles. The molecule has 0 saturated carbocycles. The minimum Gasteiger partial charge on any atom is -0.379 e. The van der Waals surface area contributed by atoms with E-state index in [-0.39, 0.29) is 12.6 Å². The zero-order valence-corrected chi connectivity index (χ0v) is 8.57. The highest BCUT2D eigenvalue weighted by molar-refractivity contribution is 4.70. The molecule has 1 unspecified atom stereocenters. The first-order valence-corrected chi connectivity index (χ1v) is 5.16. The van der Waals surface area contributed by atoms with Gasteiger partial charge in [0.25, 0.3) is 0 Å². The molecule has 1 heterocycles. The Labute approximate surface area is 87.4 Å². The van der Waals surface area contributed by atoms with Crippen LogP contribution in [0.25, 0.3) is 0 Å². The minimum atomic E-state index is -4.06. The molecule has 6 heteroatoms. The third-order valence-corrected chi connectivity index (χ3v) is 2.25. The Bertz CT molecular complexity index is 169. The van der Waals surface area contributed by atoms with Crippen molar-refractivity contribution >= 4 is 0 Å². The zero-order valence-electron chi connectivity index (χ0n) is 8.57. The van der Waals surface area contributed by atoms with Gasteiger partial charge in [0.15, 0.2) is 0 Å². The third-order valence-electron chi connectivity index (χ3n) is 2.25. The van der Waals surface area contributed by atoms with Gasteiger partial charge in [-0.3, -0.25) is 0 Å². The van der Waals surface area contributed by atoms with E-state index in [9.17, 15) is 13.2 Å². The van der Waals surface area contributed by atoms with Gasteiger partial charge in [0.2, 0.25) is 0 Å². The Morgan fingerprint density at radius 1 is 1.33 bits per heavy atom. The topological polar surface area (TPSA) is 33.3 Å². The predicted octanol–water partition coefficient (Wildman–Crippen LogP) is 0.907. The standard InChI is InChI=1S/C9H17F3N2O/c10-9(11,12)2-4-13-3-1-8-7-15-6-5-14-8/h8,13-14H,1-7H2. The van der Waals surface area contributed by atoms with Crippen LogP contribution in [0, 0.1) is 0 Å². The molecule has 1 rings (SSSR count). The smallest absolute Gasteiger partial charge is 0.379 e. The summed E-state index contributed by atoms with van der Waals surface area (Å²) in [5, 5.41) is 6.01. The Kier molecular flexibility index (Phi) is 5.35. The lowest BCUT2D eigenvalue weighted by Gasteiger charge is -2.23. The van der Waals surface area contributed by atoms with Gasteiger partial charge in [0.1, 0.15) is 0 Å². The Morgan fingerprint density at radius 2 is 2.13 bits per heavy atom. The highest BCUT2D eigenvalue weighted by Crippen LogP contribution is 2.18. The van der Waals surface area contributed by atoms with Crippen LogP contribution in [0.2, 0.25) is 0 Å². The van der Waals surface area contributed by atoms with Crippen molar-refractivity contribution in [1.82, 2.24) is 10.6 Å². The van der Waals surface area contributed by atoms with Crippen molar-refractivity contribution in [3.8, 4) is 0 Å². The van der Waals surface area contributed by atoms with Crippen LogP contribution in [0.1, 0.15) is 12.8 Å². The van der Waals surface area contributed by atoms with Crippen LogP contribution in [-0.2, 0) is 4.74 Å². The quantitative estimate of drug-likeness (QED) is 0.683. The third kappa shape index (κ3) is 6.70. The summed E-state index contributed by atoms with van der Waals surface area (Å²) < 4.78 is 40.5. The molecular weight excluding hydrogens is 209 g/mol. The molecule has 0 spiro atoms. The number of rotatable bonds is 5. The van der Waals surface area contributed by atoms with Crippen LogP contribution in [-0.4, -0.2) is 45.1 Å². The molecule has 1 atom stereocenters. The Balaban J connectivity index is 1.92. The second-order valence-corrected chi connectivity index (χ2v) is 3.63. The molecule has 1 fully saturated rings. The van der Waals surface area contributed by atoms with Crippen molar-refractivity contribution in [2.24, 2.45) is 0 Å². The number of halogens is 3. The molecule has 0 amide bonds. The van der Waals surface area contributed by atoms with Gasteiger partial charge in [-0.2, -0.15) is 13.2 Å². The summed E-state index contributed by atoms with van der Waals surface area (Å²) in [5.74, 6) is 0. The van der Waals surface area contributed by atoms with Gasteiger partial charge in [-0.1, -0.05) is 0 Å².